The maximum atomic E-state index is 13.8. The smallest absolute Gasteiger partial charge is 0.276 e. The number of nitrogens with one attached hydrogen (secondary N) is 1. The molecule has 3 aromatic rings. The Bertz CT molecular complexity index is 1180. The fourth-order valence-corrected chi connectivity index (χ4v) is 3.26. The van der Waals surface area contributed by atoms with Gasteiger partial charge in [-0.15, -0.1) is 0 Å². The predicted molar refractivity (Wildman–Crippen MR) is 116 cm³/mol. The van der Waals surface area contributed by atoms with Gasteiger partial charge in [-0.2, -0.15) is 4.98 Å². The number of carbonyl (C=O) groups is 1. The largest absolute Gasteiger partial charge is 0.472 e. The lowest BCUT2D eigenvalue weighted by atomic mass is 10.2. The van der Waals surface area contributed by atoms with Crippen molar-refractivity contribution in [2.24, 2.45) is 0 Å². The van der Waals surface area contributed by atoms with E-state index in [0.717, 1.165) is 12.1 Å². The maximum absolute atomic E-state index is 13.8. The van der Waals surface area contributed by atoms with Crippen LogP contribution in [0, 0.1) is 18.6 Å². The molecule has 6 nitrogen and oxygen atoms in total. The summed E-state index contributed by atoms with van der Waals surface area (Å²) in [5.41, 5.74) is 0.693. The Morgan fingerprint density at radius 2 is 1.87 bits per heavy atom. The van der Waals surface area contributed by atoms with Crippen molar-refractivity contribution in [3.8, 4) is 11.6 Å². The summed E-state index contributed by atoms with van der Waals surface area (Å²) in [6.45, 7) is 5.14. The molecule has 31 heavy (non-hydrogen) atoms. The first kappa shape index (κ1) is 22.6. The number of hydrogen-bond acceptors (Lipinski definition) is 4. The van der Waals surface area contributed by atoms with Crippen molar-refractivity contribution in [2.45, 2.75) is 33.4 Å². The van der Waals surface area contributed by atoms with Gasteiger partial charge in [0.1, 0.15) is 28.5 Å². The molecule has 0 spiro atoms. The molecule has 3 rings (SSSR count). The number of rotatable bonds is 6. The Hall–Kier alpha value is -3.07. The van der Waals surface area contributed by atoms with Crippen LogP contribution in [0.5, 0.6) is 5.88 Å². The van der Waals surface area contributed by atoms with Crippen molar-refractivity contribution in [3.05, 3.63) is 85.9 Å². The second-order valence-corrected chi connectivity index (χ2v) is 7.91. The Morgan fingerprint density at radius 3 is 2.48 bits per heavy atom. The van der Waals surface area contributed by atoms with Gasteiger partial charge in [-0.05, 0) is 73.1 Å². The van der Waals surface area contributed by atoms with Crippen LogP contribution in [-0.2, 0) is 6.61 Å². The van der Waals surface area contributed by atoms with E-state index in [4.69, 9.17) is 4.74 Å². The number of halogens is 3. The summed E-state index contributed by atoms with van der Waals surface area (Å²) in [6.07, 6.45) is 0. The van der Waals surface area contributed by atoms with Crippen LogP contribution in [0.15, 0.2) is 51.7 Å². The maximum Gasteiger partial charge on any atom is 0.276 e. The Labute approximate surface area is 186 Å². The van der Waals surface area contributed by atoms with Crippen LogP contribution in [0.3, 0.4) is 0 Å². The van der Waals surface area contributed by atoms with E-state index in [-0.39, 0.29) is 34.5 Å². The molecule has 0 saturated carbocycles. The van der Waals surface area contributed by atoms with Crippen LogP contribution in [0.25, 0.3) is 5.69 Å². The zero-order valence-corrected chi connectivity index (χ0v) is 18.7. The van der Waals surface area contributed by atoms with Crippen LogP contribution in [0.2, 0.25) is 0 Å². The Balaban J connectivity index is 1.86. The third-order valence-corrected chi connectivity index (χ3v) is 5.03. The zero-order chi connectivity index (χ0) is 22.7. The van der Waals surface area contributed by atoms with Gasteiger partial charge in [-0.25, -0.2) is 8.78 Å². The third kappa shape index (κ3) is 5.16. The van der Waals surface area contributed by atoms with E-state index in [1.54, 1.807) is 31.2 Å². The summed E-state index contributed by atoms with van der Waals surface area (Å²) in [7, 11) is 0. The minimum atomic E-state index is -0.747. The highest BCUT2D eigenvalue weighted by atomic mass is 79.9. The number of benzene rings is 2. The molecule has 1 amide bonds. The standard InChI is InChI=1S/C22H20BrF2N3O3/c1-12(2)26-20(29)14-5-8-17(9-6-14)28-13(3)27-21(19(23)22(28)30)31-11-15-4-7-16(24)10-18(15)25/h4-10,12H,11H2,1-3H3,(H,26,29). The molecule has 0 unspecified atom stereocenters. The first-order chi connectivity index (χ1) is 14.7. The fraction of sp³-hybridized carbons (Fsp3) is 0.227. The average Bonchev–Trinajstić information content (AvgIpc) is 2.70. The van der Waals surface area contributed by atoms with E-state index in [0.29, 0.717) is 17.1 Å². The SMILES string of the molecule is Cc1nc(OCc2ccc(F)cc2F)c(Br)c(=O)n1-c1ccc(C(=O)NC(C)C)cc1. The van der Waals surface area contributed by atoms with E-state index in [2.05, 4.69) is 26.2 Å². The summed E-state index contributed by atoms with van der Waals surface area (Å²) in [6, 6.07) is 9.69. The van der Waals surface area contributed by atoms with Gasteiger partial charge < -0.3 is 10.1 Å². The number of ether oxygens (including phenoxy) is 1. The predicted octanol–water partition coefficient (Wildman–Crippen LogP) is 4.30. The molecule has 0 bridgehead atoms. The first-order valence-electron chi connectivity index (χ1n) is 9.44. The lowest BCUT2D eigenvalue weighted by molar-refractivity contribution is 0.0943. The number of amides is 1. The Morgan fingerprint density at radius 1 is 1.19 bits per heavy atom. The summed E-state index contributed by atoms with van der Waals surface area (Å²) in [5.74, 6) is -1.31. The third-order valence-electron chi connectivity index (χ3n) is 4.35. The normalized spacial score (nSPS) is 10.9. The van der Waals surface area contributed by atoms with Crippen LogP contribution >= 0.6 is 15.9 Å². The number of nitrogens with zero attached hydrogens (tertiary/aromatic N) is 2. The Kier molecular flexibility index (Phi) is 6.84. The van der Waals surface area contributed by atoms with Gasteiger partial charge in [0, 0.05) is 23.2 Å². The molecule has 0 radical (unpaired) electrons. The van der Waals surface area contributed by atoms with Gasteiger partial charge in [0.05, 0.1) is 5.69 Å². The number of carbonyl (C=O) groups excluding carboxylic acids is 1. The molecule has 0 aliphatic rings. The van der Waals surface area contributed by atoms with Crippen LogP contribution in [-0.4, -0.2) is 21.5 Å². The second kappa shape index (κ2) is 9.38. The van der Waals surface area contributed by atoms with E-state index >= 15 is 0 Å². The van der Waals surface area contributed by atoms with E-state index < -0.39 is 17.2 Å². The molecule has 2 aromatic carbocycles. The lowest BCUT2D eigenvalue weighted by Gasteiger charge is -2.14. The molecule has 0 atom stereocenters. The average molecular weight is 492 g/mol. The topological polar surface area (TPSA) is 73.2 Å². The zero-order valence-electron chi connectivity index (χ0n) is 17.1. The van der Waals surface area contributed by atoms with Crippen LogP contribution < -0.4 is 15.6 Å². The molecular weight excluding hydrogens is 472 g/mol. The molecule has 0 aliphatic carbocycles. The summed E-state index contributed by atoms with van der Waals surface area (Å²) in [5, 5.41) is 2.80. The molecule has 162 valence electrons. The molecular formula is C22H20BrF2N3O3. The van der Waals surface area contributed by atoms with Gasteiger partial charge >= 0.3 is 0 Å². The highest BCUT2D eigenvalue weighted by molar-refractivity contribution is 9.10. The molecule has 1 heterocycles. The molecule has 0 fully saturated rings. The van der Waals surface area contributed by atoms with Gasteiger partial charge in [0.15, 0.2) is 0 Å². The van der Waals surface area contributed by atoms with Crippen molar-refractivity contribution < 1.29 is 18.3 Å². The summed E-state index contributed by atoms with van der Waals surface area (Å²) >= 11 is 3.19. The first-order valence-corrected chi connectivity index (χ1v) is 10.2. The highest BCUT2D eigenvalue weighted by Crippen LogP contribution is 2.22. The number of aryl methyl sites for hydroxylation is 1. The number of hydrogen-bond donors (Lipinski definition) is 1. The minimum Gasteiger partial charge on any atom is -0.472 e. The van der Waals surface area contributed by atoms with E-state index in [1.807, 2.05) is 13.8 Å². The quantitative estimate of drug-likeness (QED) is 0.557. The van der Waals surface area contributed by atoms with Crippen molar-refractivity contribution in [1.82, 2.24) is 14.9 Å². The van der Waals surface area contributed by atoms with Crippen molar-refractivity contribution in [1.29, 1.82) is 0 Å². The molecule has 1 N–H and O–H groups in total. The minimum absolute atomic E-state index is 0.00425. The van der Waals surface area contributed by atoms with Crippen molar-refractivity contribution >= 4 is 21.8 Å². The molecule has 0 aliphatic heterocycles. The van der Waals surface area contributed by atoms with Gasteiger partial charge in [0.2, 0.25) is 5.88 Å². The van der Waals surface area contributed by atoms with E-state index in [9.17, 15) is 18.4 Å². The van der Waals surface area contributed by atoms with Crippen molar-refractivity contribution in [2.75, 3.05) is 0 Å². The van der Waals surface area contributed by atoms with Crippen molar-refractivity contribution in [3.63, 3.8) is 0 Å². The highest BCUT2D eigenvalue weighted by Gasteiger charge is 2.16. The monoisotopic (exact) mass is 491 g/mol. The van der Waals surface area contributed by atoms with Gasteiger partial charge in [-0.3, -0.25) is 14.2 Å². The molecule has 0 saturated heterocycles. The number of aromatic nitrogens is 2. The van der Waals surface area contributed by atoms with E-state index in [1.165, 1.54) is 10.6 Å². The van der Waals surface area contributed by atoms with Crippen LogP contribution in [0.1, 0.15) is 35.6 Å². The summed E-state index contributed by atoms with van der Waals surface area (Å²) in [4.78, 5) is 29.3. The van der Waals surface area contributed by atoms with Gasteiger partial charge in [0.25, 0.3) is 11.5 Å². The summed E-state index contributed by atoms with van der Waals surface area (Å²) < 4.78 is 33.8. The van der Waals surface area contributed by atoms with Gasteiger partial charge in [-0.1, -0.05) is 0 Å². The lowest BCUT2D eigenvalue weighted by Crippen LogP contribution is -2.30. The fourth-order valence-electron chi connectivity index (χ4n) is 2.87. The second-order valence-electron chi connectivity index (χ2n) is 7.12. The molecule has 1 aromatic heterocycles. The molecule has 9 heteroatoms. The van der Waals surface area contributed by atoms with Crippen LogP contribution in [0.4, 0.5) is 8.78 Å².